The molecule has 1 N–H and O–H groups in total. The Bertz CT molecular complexity index is 905. The fourth-order valence-corrected chi connectivity index (χ4v) is 8.87. The molecule has 0 aromatic heterocycles. The highest BCUT2D eigenvalue weighted by atomic mass is 16.6. The second-order valence-corrected chi connectivity index (χ2v) is 13.3. The lowest BCUT2D eigenvalue weighted by Gasteiger charge is -2.59. The summed E-state index contributed by atoms with van der Waals surface area (Å²) in [7, 11) is 0. The number of allylic oxidation sites excluding steroid dienone is 2. The zero-order valence-electron chi connectivity index (χ0n) is 22.4. The van der Waals surface area contributed by atoms with Gasteiger partial charge in [0.2, 0.25) is 0 Å². The predicted molar refractivity (Wildman–Crippen MR) is 134 cm³/mol. The van der Waals surface area contributed by atoms with E-state index in [0.717, 1.165) is 19.3 Å². The van der Waals surface area contributed by atoms with E-state index in [2.05, 4.69) is 59.8 Å². The Morgan fingerprint density at radius 1 is 1.15 bits per heavy atom. The number of carbonyl (C=O) groups is 1. The Morgan fingerprint density at radius 3 is 2.56 bits per heavy atom. The number of aliphatic hydroxyl groups is 1. The lowest BCUT2D eigenvalue weighted by Crippen LogP contribution is -2.64. The van der Waals surface area contributed by atoms with Crippen molar-refractivity contribution in [1.29, 1.82) is 0 Å². The van der Waals surface area contributed by atoms with Crippen LogP contribution in [0.5, 0.6) is 0 Å². The van der Waals surface area contributed by atoms with Gasteiger partial charge in [0.1, 0.15) is 11.7 Å². The summed E-state index contributed by atoms with van der Waals surface area (Å²) in [5, 5.41) is 12.0. The van der Waals surface area contributed by atoms with E-state index < -0.39 is 5.60 Å². The quantitative estimate of drug-likeness (QED) is 0.294. The maximum Gasteiger partial charge on any atom is 0.302 e. The molecule has 10 atom stereocenters. The molecule has 0 radical (unpaired) electrons. The number of hydrogen-bond acceptors (Lipinski definition) is 4. The van der Waals surface area contributed by atoms with Crippen molar-refractivity contribution in [2.75, 3.05) is 0 Å². The number of epoxide rings is 1. The van der Waals surface area contributed by atoms with Gasteiger partial charge >= 0.3 is 5.97 Å². The molecular weight excluding hydrogens is 424 g/mol. The van der Waals surface area contributed by atoms with E-state index in [0.29, 0.717) is 42.4 Å². The van der Waals surface area contributed by atoms with Crippen molar-refractivity contribution in [2.24, 2.45) is 40.4 Å². The van der Waals surface area contributed by atoms with Gasteiger partial charge in [0, 0.05) is 18.8 Å². The molecule has 1 aliphatic heterocycles. The number of carbonyl (C=O) groups excluding carboxylic acids is 1. The summed E-state index contributed by atoms with van der Waals surface area (Å²) < 4.78 is 12.3. The van der Waals surface area contributed by atoms with E-state index in [1.54, 1.807) is 0 Å². The van der Waals surface area contributed by atoms with Crippen molar-refractivity contribution in [1.82, 2.24) is 0 Å². The van der Waals surface area contributed by atoms with Crippen LogP contribution < -0.4 is 0 Å². The molecule has 0 amide bonds. The molecule has 0 unspecified atom stereocenters. The topological polar surface area (TPSA) is 59.1 Å². The van der Waals surface area contributed by atoms with Gasteiger partial charge in [-0.25, -0.2) is 0 Å². The average molecular weight is 471 g/mol. The zero-order valence-corrected chi connectivity index (χ0v) is 22.4. The van der Waals surface area contributed by atoms with Gasteiger partial charge in [0.15, 0.2) is 0 Å². The summed E-state index contributed by atoms with van der Waals surface area (Å²) in [5.74, 6) is 2.82. The second kappa shape index (κ2) is 7.93. The van der Waals surface area contributed by atoms with Crippen LogP contribution in [0.3, 0.4) is 0 Å². The van der Waals surface area contributed by atoms with Crippen LogP contribution >= 0.6 is 0 Å². The summed E-state index contributed by atoms with van der Waals surface area (Å²) in [4.78, 5) is 11.6. The van der Waals surface area contributed by atoms with Crippen LogP contribution in [0.25, 0.3) is 0 Å². The van der Waals surface area contributed by atoms with E-state index in [1.165, 1.54) is 25.3 Å². The summed E-state index contributed by atoms with van der Waals surface area (Å²) in [6.07, 6.45) is 13.7. The van der Waals surface area contributed by atoms with E-state index in [4.69, 9.17) is 9.47 Å². The first-order valence-electron chi connectivity index (χ1n) is 13.8. The van der Waals surface area contributed by atoms with Crippen LogP contribution in [-0.4, -0.2) is 34.5 Å². The summed E-state index contributed by atoms with van der Waals surface area (Å²) in [6, 6.07) is 0. The maximum atomic E-state index is 12.0. The Morgan fingerprint density at radius 2 is 1.88 bits per heavy atom. The number of fused-ring (bicyclic) bond motifs is 3. The smallest absolute Gasteiger partial charge is 0.302 e. The fourth-order valence-electron chi connectivity index (χ4n) is 8.87. The highest BCUT2D eigenvalue weighted by Gasteiger charge is 2.80. The molecule has 4 fully saturated rings. The van der Waals surface area contributed by atoms with Crippen molar-refractivity contribution in [3.8, 4) is 0 Å². The van der Waals surface area contributed by atoms with Gasteiger partial charge in [-0.05, 0) is 79.1 Å². The number of hydrogen-bond donors (Lipinski definition) is 1. The average Bonchev–Trinajstić information content (AvgIpc) is 3.36. The van der Waals surface area contributed by atoms with Gasteiger partial charge in [-0.3, -0.25) is 4.79 Å². The summed E-state index contributed by atoms with van der Waals surface area (Å²) in [6.45, 7) is 15.6. The molecule has 1 saturated heterocycles. The molecule has 3 saturated carbocycles. The minimum atomic E-state index is -0.877. The molecule has 190 valence electrons. The molecule has 1 heterocycles. The molecule has 1 spiro atoms. The predicted octanol–water partition coefficient (Wildman–Crippen LogP) is 6.23. The highest BCUT2D eigenvalue weighted by Crippen LogP contribution is 2.76. The van der Waals surface area contributed by atoms with E-state index in [9.17, 15) is 9.90 Å². The van der Waals surface area contributed by atoms with Crippen LogP contribution in [0.1, 0.15) is 93.4 Å². The molecule has 5 aliphatic rings. The largest absolute Gasteiger partial charge is 0.462 e. The lowest BCUT2D eigenvalue weighted by molar-refractivity contribution is -0.183. The first-order valence-corrected chi connectivity index (χ1v) is 13.8. The Balaban J connectivity index is 1.41. The van der Waals surface area contributed by atoms with Crippen molar-refractivity contribution < 1.29 is 19.4 Å². The minimum Gasteiger partial charge on any atom is -0.462 e. The standard InChI is InChI=1S/C30H46O4/c1-18(2)19(3)8-9-20(4)23-10-11-24-25-13-15-29(32)16-22(33-21(5)31)12-14-28(29,7)30(25)26(34-30)17-27(23,24)6/h8-9,13,18-20,22-24,26,32H,10-12,14-17H2,1-7H3/b9-8+/t19-,20+,22+,23-,24-,26+,27-,28+,29+,30-/m0/s1. The minimum absolute atomic E-state index is 0.190. The number of esters is 1. The Hall–Kier alpha value is -1.13. The van der Waals surface area contributed by atoms with Gasteiger partial charge in [-0.1, -0.05) is 59.8 Å². The Labute approximate surface area is 206 Å². The van der Waals surface area contributed by atoms with Gasteiger partial charge < -0.3 is 14.6 Å². The van der Waals surface area contributed by atoms with Crippen LogP contribution in [-0.2, 0) is 14.3 Å². The zero-order chi connectivity index (χ0) is 24.7. The maximum absolute atomic E-state index is 12.0. The molecule has 4 heteroatoms. The van der Waals surface area contributed by atoms with Crippen molar-refractivity contribution in [3.63, 3.8) is 0 Å². The lowest BCUT2D eigenvalue weighted by atomic mass is 9.46. The van der Waals surface area contributed by atoms with Crippen molar-refractivity contribution in [2.45, 2.75) is 117 Å². The second-order valence-electron chi connectivity index (χ2n) is 13.3. The monoisotopic (exact) mass is 470 g/mol. The van der Waals surface area contributed by atoms with Crippen LogP contribution in [0.15, 0.2) is 23.8 Å². The molecular formula is C30H46O4. The molecule has 34 heavy (non-hydrogen) atoms. The van der Waals surface area contributed by atoms with Gasteiger partial charge in [-0.2, -0.15) is 0 Å². The van der Waals surface area contributed by atoms with Crippen LogP contribution in [0.4, 0.5) is 0 Å². The number of rotatable bonds is 5. The fraction of sp³-hybridized carbons (Fsp3) is 0.833. The first kappa shape index (κ1) is 24.6. The van der Waals surface area contributed by atoms with Gasteiger partial charge in [-0.15, -0.1) is 0 Å². The van der Waals surface area contributed by atoms with Gasteiger partial charge in [0.05, 0.1) is 11.7 Å². The van der Waals surface area contributed by atoms with Gasteiger partial charge in [0.25, 0.3) is 0 Å². The Kier molecular flexibility index (Phi) is 5.73. The molecule has 4 nitrogen and oxygen atoms in total. The third-order valence-corrected chi connectivity index (χ3v) is 11.3. The normalized spacial score (nSPS) is 48.9. The van der Waals surface area contributed by atoms with E-state index in [-0.39, 0.29) is 34.6 Å². The molecule has 0 bridgehead atoms. The third-order valence-electron chi connectivity index (χ3n) is 11.3. The SMILES string of the molecule is CC(=O)O[C@@H]1CC[C@]2(C)[C@@](O)(CC=C3[C@@H]4CC[C@@H]([C@H](C)/C=C/[C@H](C)C(C)C)[C@]4(C)C[C@H]4O[C@@]342)C1. The van der Waals surface area contributed by atoms with Crippen molar-refractivity contribution >= 4 is 5.97 Å². The van der Waals surface area contributed by atoms with Crippen LogP contribution in [0, 0.1) is 40.4 Å². The third kappa shape index (κ3) is 3.26. The molecule has 0 aromatic carbocycles. The molecule has 4 aliphatic carbocycles. The van der Waals surface area contributed by atoms with Crippen LogP contribution in [0.2, 0.25) is 0 Å². The van der Waals surface area contributed by atoms with E-state index in [1.807, 2.05) is 0 Å². The van der Waals surface area contributed by atoms with Crippen molar-refractivity contribution in [3.05, 3.63) is 23.8 Å². The molecule has 0 aromatic rings. The number of ether oxygens (including phenoxy) is 2. The molecule has 5 rings (SSSR count). The summed E-state index contributed by atoms with van der Waals surface area (Å²) in [5.41, 5.74) is 0.244. The highest BCUT2D eigenvalue weighted by molar-refractivity contribution is 5.66. The van der Waals surface area contributed by atoms with E-state index >= 15 is 0 Å². The summed E-state index contributed by atoms with van der Waals surface area (Å²) >= 11 is 0. The first-order chi connectivity index (χ1) is 15.9.